The second-order valence-corrected chi connectivity index (χ2v) is 18.4. The first kappa shape index (κ1) is 51.8. The first-order chi connectivity index (χ1) is 31.7. The van der Waals surface area contributed by atoms with Gasteiger partial charge in [-0.3, -0.25) is 5.10 Å². The summed E-state index contributed by atoms with van der Waals surface area (Å²) in [4.78, 5) is 35.8. The van der Waals surface area contributed by atoms with E-state index in [1.165, 1.54) is 31.4 Å². The predicted octanol–water partition coefficient (Wildman–Crippen LogP) is 10.4. The van der Waals surface area contributed by atoms with Gasteiger partial charge in [-0.2, -0.15) is 40.1 Å². The molecule has 0 aliphatic heterocycles. The number of hydrogen-bond donors (Lipinski definition) is 4. The molecule has 5 heterocycles. The number of anilines is 2. The maximum absolute atomic E-state index is 13.3. The molecule has 5 fully saturated rings. The monoisotopic (exact) mass is 1000 g/mol. The minimum atomic E-state index is -2.54. The summed E-state index contributed by atoms with van der Waals surface area (Å²) in [7, 11) is 0. The lowest BCUT2D eigenvalue weighted by atomic mass is 9.92. The molecule has 5 aromatic rings. The van der Waals surface area contributed by atoms with Gasteiger partial charge < -0.3 is 16.4 Å². The van der Waals surface area contributed by atoms with E-state index < -0.39 is 17.8 Å². The molecule has 0 amide bonds. The minimum Gasteiger partial charge on any atom is -0.351 e. The molecule has 0 saturated heterocycles. The number of alkyl halides is 6. The molecular formula is C42H55Cl3F6N16. The summed E-state index contributed by atoms with van der Waals surface area (Å²) < 4.78 is 78.7. The highest BCUT2D eigenvalue weighted by molar-refractivity contribution is 6.31. The predicted molar refractivity (Wildman–Crippen MR) is 241 cm³/mol. The smallest absolute Gasteiger partial charge is 0.255 e. The highest BCUT2D eigenvalue weighted by Crippen LogP contribution is 2.40. The van der Waals surface area contributed by atoms with E-state index in [1.807, 2.05) is 18.5 Å². The van der Waals surface area contributed by atoms with Crippen LogP contribution in [0.15, 0.2) is 24.5 Å². The number of hydrogen-bond acceptors (Lipinski definition) is 14. The van der Waals surface area contributed by atoms with Gasteiger partial charge in [0.15, 0.2) is 0 Å². The van der Waals surface area contributed by atoms with Crippen LogP contribution < -0.4 is 16.4 Å². The van der Waals surface area contributed by atoms with Crippen molar-refractivity contribution in [2.45, 2.75) is 171 Å². The molecule has 10 rings (SSSR count). The van der Waals surface area contributed by atoms with E-state index in [1.54, 1.807) is 25.5 Å². The fourth-order valence-electron chi connectivity index (χ4n) is 7.30. The van der Waals surface area contributed by atoms with Crippen LogP contribution in [0.1, 0.15) is 143 Å². The Hall–Kier alpha value is -4.54. The second kappa shape index (κ2) is 23.2. The molecule has 5 aliphatic rings. The molecule has 5 aliphatic carbocycles. The van der Waals surface area contributed by atoms with Gasteiger partial charge in [0.1, 0.15) is 17.5 Å². The molecule has 5 N–H and O–H groups in total. The molecule has 67 heavy (non-hydrogen) atoms. The van der Waals surface area contributed by atoms with Crippen molar-refractivity contribution in [3.63, 3.8) is 0 Å². The van der Waals surface area contributed by atoms with Crippen molar-refractivity contribution in [3.8, 4) is 5.95 Å². The normalized spacial score (nSPS) is 20.0. The van der Waals surface area contributed by atoms with Crippen molar-refractivity contribution in [2.24, 2.45) is 5.73 Å². The van der Waals surface area contributed by atoms with E-state index in [9.17, 15) is 26.3 Å². The van der Waals surface area contributed by atoms with Crippen LogP contribution in [0.25, 0.3) is 5.95 Å². The third kappa shape index (κ3) is 18.1. The van der Waals surface area contributed by atoms with Gasteiger partial charge in [-0.25, -0.2) is 46.0 Å². The second-order valence-electron chi connectivity index (χ2n) is 17.4. The average molecular weight is 1000 g/mol. The van der Waals surface area contributed by atoms with Gasteiger partial charge in [-0.15, -0.1) is 0 Å². The van der Waals surface area contributed by atoms with Crippen LogP contribution in [0.5, 0.6) is 0 Å². The van der Waals surface area contributed by atoms with Gasteiger partial charge in [0.05, 0.1) is 5.69 Å². The molecule has 0 atom stereocenters. The summed E-state index contributed by atoms with van der Waals surface area (Å²) in [5.74, 6) is -3.24. The fourth-order valence-corrected chi connectivity index (χ4v) is 7.95. The maximum Gasteiger partial charge on any atom is 0.255 e. The zero-order chi connectivity index (χ0) is 48.4. The van der Waals surface area contributed by atoms with Crippen molar-refractivity contribution >= 4 is 46.7 Å². The summed E-state index contributed by atoms with van der Waals surface area (Å²) >= 11 is 16.5. The fraction of sp³-hybridized carbons (Fsp3) is 0.643. The Morgan fingerprint density at radius 3 is 1.45 bits per heavy atom. The van der Waals surface area contributed by atoms with Crippen LogP contribution in [0.2, 0.25) is 15.9 Å². The van der Waals surface area contributed by atoms with Gasteiger partial charge in [0, 0.05) is 86.6 Å². The van der Waals surface area contributed by atoms with Crippen LogP contribution in [0.3, 0.4) is 0 Å². The molecule has 0 aromatic carbocycles. The molecule has 0 radical (unpaired) electrons. The zero-order valence-electron chi connectivity index (χ0n) is 37.4. The van der Waals surface area contributed by atoms with Crippen LogP contribution in [0, 0.1) is 20.8 Å². The summed E-state index contributed by atoms with van der Waals surface area (Å²) in [6.07, 6.45) is 10.9. The van der Waals surface area contributed by atoms with E-state index >= 15 is 0 Å². The highest BCUT2D eigenvalue weighted by atomic mass is 35.5. The number of aryl methyl sites for hydroxylation is 3. The molecule has 5 saturated carbocycles. The number of aromatic amines is 1. The Morgan fingerprint density at radius 2 is 1.01 bits per heavy atom. The molecule has 0 unspecified atom stereocenters. The van der Waals surface area contributed by atoms with Crippen molar-refractivity contribution in [2.75, 3.05) is 10.6 Å². The van der Waals surface area contributed by atoms with E-state index in [-0.39, 0.29) is 72.5 Å². The molecule has 16 nitrogen and oxygen atoms in total. The Balaban J connectivity index is 0.000000149. The standard InChI is InChI=1S/C16H20F2N6.C10H13ClF2N4.C6H11F2N.C6H8N2.C4H3Cl2N3/c1-10-19-14(21-12-4-7-16(17,18)8-5-12)22-15(20-10)24-9-6-13(23-24)11-2-3-11;1-6-14-8(11)17-9(15-6)16-7-2-4-10(12,13)5-3-7;7-6(8)3-1-5(9)2-4-6;1-2-5(1)6-3-4-7-8-6;1-2-7-3(5)9-4(6)8-2/h6,9,11-12H,2-5,7-8H2,1H3,(H,19,20,21,22);7H,2-5H2,1H3,(H,14,15,16,17);5H,1-4,9H2;3-5H,1-2H2,(H,7,8);1H3. The summed E-state index contributed by atoms with van der Waals surface area (Å²) in [5.41, 5.74) is 7.80. The van der Waals surface area contributed by atoms with E-state index in [0.717, 1.165) is 11.6 Å². The first-order valence-corrected chi connectivity index (χ1v) is 23.4. The van der Waals surface area contributed by atoms with Crippen molar-refractivity contribution < 1.29 is 26.3 Å². The molecule has 366 valence electrons. The number of aromatic nitrogens is 13. The minimum absolute atomic E-state index is 0.0182. The number of halogens is 9. The number of rotatable bonds is 7. The number of nitrogens with zero attached hydrogens (tertiary/aromatic N) is 12. The molecule has 0 spiro atoms. The maximum atomic E-state index is 13.3. The number of nitrogens with two attached hydrogens (primary N) is 1. The van der Waals surface area contributed by atoms with Crippen molar-refractivity contribution in [3.05, 3.63) is 69.2 Å². The van der Waals surface area contributed by atoms with Crippen molar-refractivity contribution in [1.29, 1.82) is 0 Å². The summed E-state index contributed by atoms with van der Waals surface area (Å²) in [5, 5.41) is 17.9. The van der Waals surface area contributed by atoms with Crippen LogP contribution in [-0.2, 0) is 0 Å². The lowest BCUT2D eigenvalue weighted by Gasteiger charge is -2.28. The summed E-state index contributed by atoms with van der Waals surface area (Å²) in [6, 6.07) is 4.01. The number of nitrogens with one attached hydrogen (secondary N) is 3. The zero-order valence-corrected chi connectivity index (χ0v) is 39.6. The Labute approximate surface area is 399 Å². The molecule has 5 aromatic heterocycles. The van der Waals surface area contributed by atoms with Gasteiger partial charge >= 0.3 is 0 Å². The Morgan fingerprint density at radius 1 is 0.567 bits per heavy atom. The van der Waals surface area contributed by atoms with Gasteiger partial charge in [0.25, 0.3) is 5.95 Å². The molecule has 0 bridgehead atoms. The molecule has 25 heteroatoms. The average Bonchev–Trinajstić information content (AvgIpc) is 4.17. The highest BCUT2D eigenvalue weighted by Gasteiger charge is 2.37. The Bertz CT molecular complexity index is 2230. The third-order valence-corrected chi connectivity index (χ3v) is 11.9. The van der Waals surface area contributed by atoms with Gasteiger partial charge in [-0.1, -0.05) is 0 Å². The van der Waals surface area contributed by atoms with Gasteiger partial charge in [-0.05, 0) is 132 Å². The summed E-state index contributed by atoms with van der Waals surface area (Å²) in [6.45, 7) is 5.18. The quantitative estimate of drug-likeness (QED) is 0.112. The first-order valence-electron chi connectivity index (χ1n) is 22.3. The van der Waals surface area contributed by atoms with E-state index in [0.29, 0.717) is 79.8 Å². The lowest BCUT2D eigenvalue weighted by Crippen LogP contribution is -2.32. The SMILES string of the molecule is Cc1nc(Cl)nc(Cl)n1.Cc1nc(Cl)nc(NC2CCC(F)(F)CC2)n1.Cc1nc(NC2CCC(F)(F)CC2)nc(-n2ccc(C3CC3)n2)n1.NC1CCC(F)(F)CC1.c1cc(C2CC2)[nH]n1. The van der Waals surface area contributed by atoms with E-state index in [4.69, 9.17) is 40.5 Å². The van der Waals surface area contributed by atoms with Crippen LogP contribution in [-0.4, -0.2) is 101 Å². The van der Waals surface area contributed by atoms with Crippen LogP contribution >= 0.6 is 34.8 Å². The molecular weight excluding hydrogens is 949 g/mol. The third-order valence-electron chi connectivity index (χ3n) is 11.4. The van der Waals surface area contributed by atoms with Crippen LogP contribution in [0.4, 0.5) is 38.2 Å². The van der Waals surface area contributed by atoms with E-state index in [2.05, 4.69) is 76.9 Å². The number of H-pyrrole nitrogens is 1. The Kier molecular flexibility index (Phi) is 17.9. The lowest BCUT2D eigenvalue weighted by molar-refractivity contribution is -0.0378. The largest absolute Gasteiger partial charge is 0.351 e. The topological polar surface area (TPSA) is 213 Å². The van der Waals surface area contributed by atoms with Crippen molar-refractivity contribution in [1.82, 2.24) is 64.8 Å². The van der Waals surface area contributed by atoms with Gasteiger partial charge in [0.2, 0.25) is 45.5 Å².